The maximum absolute atomic E-state index is 12.7. The molecule has 0 aliphatic rings. The molecule has 0 saturated carbocycles. The molecule has 0 aromatic heterocycles. The highest BCUT2D eigenvalue weighted by Gasteiger charge is 2.31. The number of hydrogen-bond acceptors (Lipinski definition) is 2. The van der Waals surface area contributed by atoms with Gasteiger partial charge in [-0.2, -0.15) is 18.4 Å². The molecule has 0 heterocycles. The zero-order valence-electron chi connectivity index (χ0n) is 11.3. The molecule has 2 aromatic carbocycles. The van der Waals surface area contributed by atoms with E-state index in [9.17, 15) is 18.4 Å². The third kappa shape index (κ3) is 3.54. The van der Waals surface area contributed by atoms with Crippen molar-refractivity contribution in [1.29, 1.82) is 5.26 Å². The molecule has 1 N–H and O–H groups in total. The lowest BCUT2D eigenvalue weighted by molar-refractivity contribution is -0.137. The van der Waals surface area contributed by atoms with Gasteiger partial charge in [0, 0.05) is 5.69 Å². The average molecular weight is 290 g/mol. The zero-order valence-corrected chi connectivity index (χ0v) is 11.3. The Hall–Kier alpha value is -2.48. The molecule has 0 spiro atoms. The largest absolute Gasteiger partial charge is 0.416 e. The van der Waals surface area contributed by atoms with Gasteiger partial charge in [0.2, 0.25) is 0 Å². The monoisotopic (exact) mass is 290 g/mol. The first kappa shape index (κ1) is 14.9. The SMILES string of the molecule is Cc1ccccc1NC(C#N)c1cccc(C(F)(F)F)c1. The molecule has 5 heteroatoms. The summed E-state index contributed by atoms with van der Waals surface area (Å²) < 4.78 is 38.2. The summed E-state index contributed by atoms with van der Waals surface area (Å²) in [6, 6.07) is 13.3. The van der Waals surface area contributed by atoms with Crippen LogP contribution in [-0.2, 0) is 6.18 Å². The number of alkyl halides is 3. The van der Waals surface area contributed by atoms with Crippen molar-refractivity contribution in [3.8, 4) is 6.07 Å². The molecule has 1 atom stereocenters. The van der Waals surface area contributed by atoms with Crippen molar-refractivity contribution >= 4 is 5.69 Å². The lowest BCUT2D eigenvalue weighted by Crippen LogP contribution is -2.11. The maximum Gasteiger partial charge on any atom is 0.416 e. The molecule has 2 rings (SSSR count). The normalized spacial score (nSPS) is 12.5. The fraction of sp³-hybridized carbons (Fsp3) is 0.188. The van der Waals surface area contributed by atoms with Crippen molar-refractivity contribution in [2.75, 3.05) is 5.32 Å². The molecule has 0 saturated heterocycles. The van der Waals surface area contributed by atoms with Crippen molar-refractivity contribution in [2.45, 2.75) is 19.1 Å². The van der Waals surface area contributed by atoms with E-state index in [1.54, 1.807) is 12.1 Å². The standard InChI is InChI=1S/C16H13F3N2/c1-11-5-2-3-8-14(11)21-15(10-20)12-6-4-7-13(9-12)16(17,18)19/h2-9,15,21H,1H3. The van der Waals surface area contributed by atoms with Crippen molar-refractivity contribution < 1.29 is 13.2 Å². The molecule has 0 fully saturated rings. The molecule has 2 aromatic rings. The summed E-state index contributed by atoms with van der Waals surface area (Å²) in [5.41, 5.74) is 1.17. The van der Waals surface area contributed by atoms with Crippen LogP contribution in [0.1, 0.15) is 22.7 Å². The van der Waals surface area contributed by atoms with E-state index in [-0.39, 0.29) is 5.56 Å². The van der Waals surface area contributed by atoms with E-state index < -0.39 is 17.8 Å². The Labute approximate surface area is 120 Å². The molecule has 0 aliphatic carbocycles. The predicted octanol–water partition coefficient (Wildman–Crippen LogP) is 4.69. The van der Waals surface area contributed by atoms with Crippen LogP contribution in [-0.4, -0.2) is 0 Å². The molecule has 0 amide bonds. The third-order valence-corrected chi connectivity index (χ3v) is 3.12. The third-order valence-electron chi connectivity index (χ3n) is 3.12. The minimum atomic E-state index is -4.42. The van der Waals surface area contributed by atoms with Crippen molar-refractivity contribution in [3.05, 3.63) is 65.2 Å². The zero-order chi connectivity index (χ0) is 15.5. The molecule has 0 bridgehead atoms. The number of nitrogens with zero attached hydrogens (tertiary/aromatic N) is 1. The fourth-order valence-corrected chi connectivity index (χ4v) is 1.98. The van der Waals surface area contributed by atoms with E-state index >= 15 is 0 Å². The second-order valence-corrected chi connectivity index (χ2v) is 4.64. The summed E-state index contributed by atoms with van der Waals surface area (Å²) in [5, 5.41) is 12.2. The van der Waals surface area contributed by atoms with Crippen LogP contribution >= 0.6 is 0 Å². The summed E-state index contributed by atoms with van der Waals surface area (Å²) in [7, 11) is 0. The van der Waals surface area contributed by atoms with Crippen LogP contribution in [0.25, 0.3) is 0 Å². The molecule has 21 heavy (non-hydrogen) atoms. The Balaban J connectivity index is 2.31. The van der Waals surface area contributed by atoms with Gasteiger partial charge in [0.1, 0.15) is 6.04 Å². The van der Waals surface area contributed by atoms with E-state index in [0.29, 0.717) is 0 Å². The molecular formula is C16H13F3N2. The van der Waals surface area contributed by atoms with Crippen LogP contribution in [0.2, 0.25) is 0 Å². The van der Waals surface area contributed by atoms with Gasteiger partial charge in [-0.15, -0.1) is 0 Å². The van der Waals surface area contributed by atoms with Crippen LogP contribution in [0, 0.1) is 18.3 Å². The van der Waals surface area contributed by atoms with Gasteiger partial charge in [0.05, 0.1) is 11.6 Å². The fourth-order valence-electron chi connectivity index (χ4n) is 1.98. The van der Waals surface area contributed by atoms with Gasteiger partial charge in [-0.1, -0.05) is 30.3 Å². The molecule has 0 radical (unpaired) electrons. The highest BCUT2D eigenvalue weighted by molar-refractivity contribution is 5.53. The van der Waals surface area contributed by atoms with Gasteiger partial charge >= 0.3 is 6.18 Å². The Morgan fingerprint density at radius 2 is 1.81 bits per heavy atom. The Kier molecular flexibility index (Phi) is 4.18. The summed E-state index contributed by atoms with van der Waals surface area (Å²) in [5.74, 6) is 0. The summed E-state index contributed by atoms with van der Waals surface area (Å²) in [6.45, 7) is 1.86. The van der Waals surface area contributed by atoms with Crippen molar-refractivity contribution in [3.63, 3.8) is 0 Å². The first-order valence-corrected chi connectivity index (χ1v) is 6.31. The molecule has 108 valence electrons. The quantitative estimate of drug-likeness (QED) is 0.890. The molecule has 2 nitrogen and oxygen atoms in total. The van der Waals surface area contributed by atoms with Gasteiger partial charge < -0.3 is 5.32 Å². The highest BCUT2D eigenvalue weighted by atomic mass is 19.4. The molecule has 1 unspecified atom stereocenters. The number of hydrogen-bond donors (Lipinski definition) is 1. The number of aryl methyl sites for hydroxylation is 1. The van der Waals surface area contributed by atoms with E-state index in [1.807, 2.05) is 25.1 Å². The minimum Gasteiger partial charge on any atom is -0.366 e. The predicted molar refractivity (Wildman–Crippen MR) is 74.6 cm³/mol. The smallest absolute Gasteiger partial charge is 0.366 e. The summed E-state index contributed by atoms with van der Waals surface area (Å²) >= 11 is 0. The summed E-state index contributed by atoms with van der Waals surface area (Å²) in [4.78, 5) is 0. The van der Waals surface area contributed by atoms with Crippen molar-refractivity contribution in [2.24, 2.45) is 0 Å². The van der Waals surface area contributed by atoms with Crippen LogP contribution in [0.15, 0.2) is 48.5 Å². The van der Waals surface area contributed by atoms with Gasteiger partial charge in [0.15, 0.2) is 0 Å². The number of nitrogens with one attached hydrogen (secondary N) is 1. The van der Waals surface area contributed by atoms with E-state index in [2.05, 4.69) is 5.32 Å². The Morgan fingerprint density at radius 3 is 2.43 bits per heavy atom. The Bertz CT molecular complexity index is 672. The van der Waals surface area contributed by atoms with Gasteiger partial charge in [0.25, 0.3) is 0 Å². The number of para-hydroxylation sites is 1. The van der Waals surface area contributed by atoms with Crippen LogP contribution < -0.4 is 5.32 Å². The molecule has 0 aliphatic heterocycles. The van der Waals surface area contributed by atoms with E-state index in [1.165, 1.54) is 12.1 Å². The lowest BCUT2D eigenvalue weighted by Gasteiger charge is -2.16. The minimum absolute atomic E-state index is 0.288. The second kappa shape index (κ2) is 5.88. The number of rotatable bonds is 3. The number of anilines is 1. The van der Waals surface area contributed by atoms with Gasteiger partial charge in [-0.3, -0.25) is 0 Å². The summed E-state index contributed by atoms with van der Waals surface area (Å²) in [6.07, 6.45) is -4.42. The van der Waals surface area contributed by atoms with Crippen LogP contribution in [0.3, 0.4) is 0 Å². The van der Waals surface area contributed by atoms with E-state index in [4.69, 9.17) is 0 Å². The number of benzene rings is 2. The Morgan fingerprint density at radius 1 is 1.10 bits per heavy atom. The lowest BCUT2D eigenvalue weighted by atomic mass is 10.0. The van der Waals surface area contributed by atoms with Crippen molar-refractivity contribution in [1.82, 2.24) is 0 Å². The van der Waals surface area contributed by atoms with Gasteiger partial charge in [-0.05, 0) is 36.2 Å². The number of halogens is 3. The average Bonchev–Trinajstić information content (AvgIpc) is 2.46. The maximum atomic E-state index is 12.7. The molecular weight excluding hydrogens is 277 g/mol. The van der Waals surface area contributed by atoms with E-state index in [0.717, 1.165) is 23.4 Å². The topological polar surface area (TPSA) is 35.8 Å². The highest BCUT2D eigenvalue weighted by Crippen LogP contribution is 2.31. The second-order valence-electron chi connectivity index (χ2n) is 4.64. The van der Waals surface area contributed by atoms with Crippen LogP contribution in [0.4, 0.5) is 18.9 Å². The number of nitriles is 1. The first-order chi connectivity index (χ1) is 9.91. The van der Waals surface area contributed by atoms with Crippen LogP contribution in [0.5, 0.6) is 0 Å². The first-order valence-electron chi connectivity index (χ1n) is 6.31. The van der Waals surface area contributed by atoms with Gasteiger partial charge in [-0.25, -0.2) is 0 Å².